The number of hydrogen-bond donors (Lipinski definition) is 1. The Hall–Kier alpha value is -4.46. The number of rotatable bonds is 8. The van der Waals surface area contributed by atoms with E-state index >= 15 is 0 Å². The molecule has 3 aromatic carbocycles. The monoisotopic (exact) mass is 526 g/mol. The summed E-state index contributed by atoms with van der Waals surface area (Å²) in [7, 11) is 0. The zero-order valence-electron chi connectivity index (χ0n) is 21.7. The summed E-state index contributed by atoms with van der Waals surface area (Å²) < 4.78 is 10.6. The van der Waals surface area contributed by atoms with Crippen molar-refractivity contribution in [2.75, 3.05) is 23.4 Å². The van der Waals surface area contributed by atoms with E-state index < -0.39 is 18.5 Å². The van der Waals surface area contributed by atoms with Crippen LogP contribution in [-0.4, -0.2) is 36.9 Å². The molecule has 1 N–H and O–H groups in total. The third-order valence-electron chi connectivity index (χ3n) is 7.35. The molecule has 0 bridgehead atoms. The van der Waals surface area contributed by atoms with Gasteiger partial charge in [0.15, 0.2) is 6.61 Å². The minimum Gasteiger partial charge on any atom is -0.492 e. The van der Waals surface area contributed by atoms with Crippen molar-refractivity contribution in [3.63, 3.8) is 0 Å². The van der Waals surface area contributed by atoms with E-state index in [1.165, 1.54) is 22.6 Å². The summed E-state index contributed by atoms with van der Waals surface area (Å²) in [6, 6.07) is 23.2. The second-order valence-corrected chi connectivity index (χ2v) is 9.75. The fourth-order valence-electron chi connectivity index (χ4n) is 5.46. The Balaban J connectivity index is 1.19. The normalized spacial score (nSPS) is 20.3. The Bertz CT molecular complexity index is 1370. The van der Waals surface area contributed by atoms with Gasteiger partial charge in [0.2, 0.25) is 11.8 Å². The number of para-hydroxylation sites is 2. The van der Waals surface area contributed by atoms with Gasteiger partial charge in [-0.15, -0.1) is 0 Å². The molecule has 3 aromatic rings. The first-order valence-corrected chi connectivity index (χ1v) is 13.2. The Kier molecular flexibility index (Phi) is 7.72. The van der Waals surface area contributed by atoms with Crippen molar-refractivity contribution >= 4 is 35.1 Å². The summed E-state index contributed by atoms with van der Waals surface area (Å²) in [6.45, 7) is 1.81. The van der Waals surface area contributed by atoms with E-state index in [0.717, 1.165) is 6.42 Å². The van der Waals surface area contributed by atoms with Crippen LogP contribution in [0.4, 0.5) is 11.4 Å². The average Bonchev–Trinajstić information content (AvgIpc) is 3.22. The highest BCUT2D eigenvalue weighted by atomic mass is 16.5. The van der Waals surface area contributed by atoms with Crippen LogP contribution in [0, 0.1) is 11.8 Å². The predicted molar refractivity (Wildman–Crippen MR) is 145 cm³/mol. The third kappa shape index (κ3) is 5.55. The van der Waals surface area contributed by atoms with Crippen molar-refractivity contribution in [3.05, 3.63) is 90.0 Å². The minimum absolute atomic E-state index is 0.184. The molecule has 2 aliphatic rings. The fraction of sp³-hybridized carbons (Fsp3) is 0.290. The molecular weight excluding hydrogens is 496 g/mol. The van der Waals surface area contributed by atoms with Crippen LogP contribution in [0.2, 0.25) is 0 Å². The minimum atomic E-state index is -0.687. The molecule has 0 spiro atoms. The molecule has 1 aliphatic heterocycles. The van der Waals surface area contributed by atoms with Crippen LogP contribution < -0.4 is 15.0 Å². The molecule has 8 nitrogen and oxygen atoms in total. The summed E-state index contributed by atoms with van der Waals surface area (Å²) in [5, 5.41) is 2.67. The largest absolute Gasteiger partial charge is 0.492 e. The maximum Gasteiger partial charge on any atom is 0.338 e. The standard InChI is InChI=1S/C31H30N2O6/c1-2-38-27-11-7-6-10-26(27)32-28(34)19-39-31(37)21-12-15-23(16-13-21)33-29(35)24-17-14-22(18-25(24)30(33)36)20-8-4-3-5-9-20/h3-13,15-16,22,24-25H,2,14,17-19H2,1H3,(H,32,34)/t22-,24+,25-/m0/s1. The number of benzene rings is 3. The highest BCUT2D eigenvalue weighted by molar-refractivity contribution is 6.22. The number of hydrogen-bond acceptors (Lipinski definition) is 6. The number of carbonyl (C=O) groups excluding carboxylic acids is 4. The van der Waals surface area contributed by atoms with Crippen LogP contribution in [0.1, 0.15) is 48.0 Å². The molecule has 0 unspecified atom stereocenters. The Morgan fingerprint density at radius 1 is 0.872 bits per heavy atom. The first kappa shape index (κ1) is 26.2. The lowest BCUT2D eigenvalue weighted by Crippen LogP contribution is -2.30. The first-order chi connectivity index (χ1) is 19.0. The molecule has 8 heteroatoms. The Morgan fingerprint density at radius 3 is 2.31 bits per heavy atom. The third-order valence-corrected chi connectivity index (χ3v) is 7.35. The predicted octanol–water partition coefficient (Wildman–Crippen LogP) is 4.95. The van der Waals surface area contributed by atoms with Crippen LogP contribution in [0.25, 0.3) is 0 Å². The van der Waals surface area contributed by atoms with E-state index in [1.54, 1.807) is 36.4 Å². The van der Waals surface area contributed by atoms with Crippen LogP contribution in [0.3, 0.4) is 0 Å². The highest BCUT2D eigenvalue weighted by Crippen LogP contribution is 2.45. The van der Waals surface area contributed by atoms with Gasteiger partial charge in [-0.05, 0) is 74.1 Å². The van der Waals surface area contributed by atoms with Crippen LogP contribution in [-0.2, 0) is 19.1 Å². The van der Waals surface area contributed by atoms with E-state index in [4.69, 9.17) is 9.47 Å². The molecule has 3 atom stereocenters. The zero-order chi connectivity index (χ0) is 27.4. The number of anilines is 2. The van der Waals surface area contributed by atoms with Gasteiger partial charge in [-0.25, -0.2) is 4.79 Å². The van der Waals surface area contributed by atoms with E-state index in [0.29, 0.717) is 36.6 Å². The van der Waals surface area contributed by atoms with E-state index in [-0.39, 0.29) is 35.1 Å². The number of esters is 1. The molecule has 0 aromatic heterocycles. The second kappa shape index (κ2) is 11.5. The topological polar surface area (TPSA) is 102 Å². The summed E-state index contributed by atoms with van der Waals surface area (Å²) >= 11 is 0. The molecule has 1 saturated carbocycles. The lowest BCUT2D eigenvalue weighted by Gasteiger charge is -2.28. The molecular formula is C31H30N2O6. The number of fused-ring (bicyclic) bond motifs is 1. The first-order valence-electron chi connectivity index (χ1n) is 13.2. The van der Waals surface area contributed by atoms with Crippen molar-refractivity contribution in [1.82, 2.24) is 0 Å². The van der Waals surface area contributed by atoms with Crippen molar-refractivity contribution in [2.45, 2.75) is 32.1 Å². The number of carbonyl (C=O) groups is 4. The maximum atomic E-state index is 13.3. The molecule has 200 valence electrons. The van der Waals surface area contributed by atoms with Crippen molar-refractivity contribution < 1.29 is 28.7 Å². The van der Waals surface area contributed by atoms with E-state index in [1.807, 2.05) is 25.1 Å². The van der Waals surface area contributed by atoms with Crippen LogP contribution in [0.15, 0.2) is 78.9 Å². The number of amides is 3. The molecule has 3 amide bonds. The quantitative estimate of drug-likeness (QED) is 0.329. The SMILES string of the molecule is CCOc1ccccc1NC(=O)COC(=O)c1ccc(N2C(=O)[C@H]3C[C@@H](c4ccccc4)CC[C@H]3C2=O)cc1. The smallest absolute Gasteiger partial charge is 0.338 e. The van der Waals surface area contributed by atoms with Gasteiger partial charge in [0.25, 0.3) is 5.91 Å². The van der Waals surface area contributed by atoms with Gasteiger partial charge in [0, 0.05) is 0 Å². The Labute approximate surface area is 226 Å². The molecule has 1 saturated heterocycles. The molecule has 0 radical (unpaired) electrons. The fourth-order valence-corrected chi connectivity index (χ4v) is 5.46. The van der Waals surface area contributed by atoms with Crippen molar-refractivity contribution in [1.29, 1.82) is 0 Å². The Morgan fingerprint density at radius 2 is 1.56 bits per heavy atom. The summed E-state index contributed by atoms with van der Waals surface area (Å²) in [5.74, 6) is -1.44. The van der Waals surface area contributed by atoms with E-state index in [9.17, 15) is 19.2 Å². The van der Waals surface area contributed by atoms with E-state index in [2.05, 4.69) is 17.4 Å². The van der Waals surface area contributed by atoms with Gasteiger partial charge in [0.1, 0.15) is 5.75 Å². The second-order valence-electron chi connectivity index (χ2n) is 9.75. The van der Waals surface area contributed by atoms with Gasteiger partial charge in [-0.1, -0.05) is 42.5 Å². The van der Waals surface area contributed by atoms with Crippen molar-refractivity contribution in [2.24, 2.45) is 11.8 Å². The molecule has 1 aliphatic carbocycles. The lowest BCUT2D eigenvalue weighted by atomic mass is 9.73. The molecule has 39 heavy (non-hydrogen) atoms. The van der Waals surface area contributed by atoms with Gasteiger partial charge in [-0.2, -0.15) is 0 Å². The van der Waals surface area contributed by atoms with Gasteiger partial charge >= 0.3 is 5.97 Å². The van der Waals surface area contributed by atoms with Crippen molar-refractivity contribution in [3.8, 4) is 5.75 Å². The summed E-state index contributed by atoms with van der Waals surface area (Å²) in [4.78, 5) is 52.6. The summed E-state index contributed by atoms with van der Waals surface area (Å²) in [5.41, 5.74) is 2.32. The van der Waals surface area contributed by atoms with Crippen LogP contribution >= 0.6 is 0 Å². The van der Waals surface area contributed by atoms with Gasteiger partial charge < -0.3 is 14.8 Å². The molecule has 2 fully saturated rings. The maximum absolute atomic E-state index is 13.3. The average molecular weight is 527 g/mol. The number of nitrogens with one attached hydrogen (secondary N) is 1. The summed E-state index contributed by atoms with van der Waals surface area (Å²) in [6.07, 6.45) is 2.19. The van der Waals surface area contributed by atoms with Gasteiger partial charge in [0.05, 0.1) is 35.4 Å². The number of imide groups is 1. The van der Waals surface area contributed by atoms with Gasteiger partial charge in [-0.3, -0.25) is 19.3 Å². The number of ether oxygens (including phenoxy) is 2. The zero-order valence-corrected chi connectivity index (χ0v) is 21.7. The van der Waals surface area contributed by atoms with Crippen LogP contribution in [0.5, 0.6) is 5.75 Å². The molecule has 5 rings (SSSR count). The highest BCUT2D eigenvalue weighted by Gasteiger charge is 2.50. The molecule has 1 heterocycles. The number of nitrogens with zero attached hydrogens (tertiary/aromatic N) is 1. The lowest BCUT2D eigenvalue weighted by molar-refractivity contribution is -0.122.